The molecule has 2 N–H and O–H groups in total. The second-order valence-corrected chi connectivity index (χ2v) is 8.68. The lowest BCUT2D eigenvalue weighted by Crippen LogP contribution is -2.46. The van der Waals surface area contributed by atoms with Gasteiger partial charge in [0.15, 0.2) is 0 Å². The molecule has 0 bridgehead atoms. The molecule has 2 aromatic carbocycles. The zero-order valence-corrected chi connectivity index (χ0v) is 16.3. The first-order chi connectivity index (χ1) is 12.8. The van der Waals surface area contributed by atoms with Crippen LogP contribution < -0.4 is 4.74 Å². The van der Waals surface area contributed by atoms with Crippen molar-refractivity contribution in [1.82, 2.24) is 0 Å². The predicted molar refractivity (Wildman–Crippen MR) is 109 cm³/mol. The molecule has 0 amide bonds. The first kappa shape index (κ1) is 18.0. The molecule has 0 spiro atoms. The van der Waals surface area contributed by atoms with E-state index in [0.717, 1.165) is 35.3 Å². The van der Waals surface area contributed by atoms with E-state index in [1.54, 1.807) is 12.1 Å². The van der Waals surface area contributed by atoms with Gasteiger partial charge in [-0.15, -0.1) is 0 Å². The quantitative estimate of drug-likeness (QED) is 0.647. The number of rotatable bonds is 2. The Balaban J connectivity index is 1.72. The van der Waals surface area contributed by atoms with Gasteiger partial charge in [-0.3, -0.25) is 0 Å². The van der Waals surface area contributed by atoms with Crippen LogP contribution in [0.2, 0.25) is 0 Å². The zero-order valence-electron chi connectivity index (χ0n) is 16.3. The Labute approximate surface area is 161 Å². The van der Waals surface area contributed by atoms with Crippen LogP contribution in [0.15, 0.2) is 36.4 Å². The van der Waals surface area contributed by atoms with Gasteiger partial charge in [0.05, 0.1) is 0 Å². The van der Waals surface area contributed by atoms with Crippen molar-refractivity contribution in [3.8, 4) is 17.2 Å². The Morgan fingerprint density at radius 3 is 2.59 bits per heavy atom. The lowest BCUT2D eigenvalue weighted by Gasteiger charge is -2.48. The van der Waals surface area contributed by atoms with Gasteiger partial charge in [0.2, 0.25) is 0 Å². The highest BCUT2D eigenvalue weighted by atomic mass is 16.5. The van der Waals surface area contributed by atoms with Gasteiger partial charge in [-0.1, -0.05) is 43.7 Å². The summed E-state index contributed by atoms with van der Waals surface area (Å²) < 4.78 is 6.38. The molecule has 1 heterocycles. The minimum absolute atomic E-state index is 0.232. The van der Waals surface area contributed by atoms with Crippen molar-refractivity contribution in [2.24, 2.45) is 11.8 Å². The summed E-state index contributed by atoms with van der Waals surface area (Å²) in [5.41, 5.74) is 2.36. The van der Waals surface area contributed by atoms with E-state index in [4.69, 9.17) is 4.74 Å². The van der Waals surface area contributed by atoms with Crippen molar-refractivity contribution >= 4 is 12.2 Å². The van der Waals surface area contributed by atoms with Gasteiger partial charge < -0.3 is 14.9 Å². The Morgan fingerprint density at radius 2 is 1.81 bits per heavy atom. The van der Waals surface area contributed by atoms with Crippen LogP contribution >= 0.6 is 0 Å². The lowest BCUT2D eigenvalue weighted by atomic mass is 9.64. The smallest absolute Gasteiger partial charge is 0.127 e. The Morgan fingerprint density at radius 1 is 1.04 bits per heavy atom. The molecule has 0 unspecified atom stereocenters. The molecule has 1 aliphatic carbocycles. The highest BCUT2D eigenvalue weighted by molar-refractivity contribution is 5.74. The van der Waals surface area contributed by atoms with Crippen molar-refractivity contribution in [3.63, 3.8) is 0 Å². The number of aromatic hydroxyl groups is 2. The van der Waals surface area contributed by atoms with Crippen molar-refractivity contribution in [1.29, 1.82) is 0 Å². The lowest BCUT2D eigenvalue weighted by molar-refractivity contribution is -0.0145. The Hall–Kier alpha value is -2.42. The van der Waals surface area contributed by atoms with Crippen LogP contribution in [0.4, 0.5) is 0 Å². The largest absolute Gasteiger partial charge is 0.507 e. The maximum absolute atomic E-state index is 10.8. The fourth-order valence-electron chi connectivity index (χ4n) is 4.89. The van der Waals surface area contributed by atoms with Crippen LogP contribution in [0, 0.1) is 11.8 Å². The second kappa shape index (κ2) is 6.63. The van der Waals surface area contributed by atoms with E-state index in [0.29, 0.717) is 23.5 Å². The van der Waals surface area contributed by atoms with E-state index in [2.05, 4.69) is 20.8 Å². The summed E-state index contributed by atoms with van der Waals surface area (Å²) in [6.45, 7) is 6.65. The average Bonchev–Trinajstić information content (AvgIpc) is 2.59. The van der Waals surface area contributed by atoms with E-state index in [1.807, 2.05) is 36.4 Å². The highest BCUT2D eigenvalue weighted by Crippen LogP contribution is 2.55. The molecule has 0 saturated heterocycles. The summed E-state index contributed by atoms with van der Waals surface area (Å²) in [5, 5.41) is 20.8. The fraction of sp³-hybridized carbons (Fsp3) is 0.417. The maximum Gasteiger partial charge on any atom is 0.127 e. The SMILES string of the molecule is C[C@H]1CC[C@H]2[C@H](C1)c1c(O)cc(C=Cc3ccccc3O)cc1OC2(C)C. The summed E-state index contributed by atoms with van der Waals surface area (Å²) in [7, 11) is 0. The molecule has 27 heavy (non-hydrogen) atoms. The topological polar surface area (TPSA) is 49.7 Å². The molecule has 2 aliphatic rings. The van der Waals surface area contributed by atoms with Gasteiger partial charge in [0.25, 0.3) is 0 Å². The van der Waals surface area contributed by atoms with Crippen LogP contribution in [0.1, 0.15) is 62.6 Å². The van der Waals surface area contributed by atoms with Gasteiger partial charge in [-0.2, -0.15) is 0 Å². The molecular formula is C24H28O3. The number of phenolic OH excluding ortho intramolecular Hbond substituents is 2. The number of benzene rings is 2. The molecule has 3 heteroatoms. The van der Waals surface area contributed by atoms with Gasteiger partial charge >= 0.3 is 0 Å². The highest BCUT2D eigenvalue weighted by Gasteiger charge is 2.46. The molecule has 142 valence electrons. The normalized spacial score (nSPS) is 26.3. The van der Waals surface area contributed by atoms with Gasteiger partial charge in [-0.05, 0) is 62.3 Å². The monoisotopic (exact) mass is 364 g/mol. The molecule has 4 rings (SSSR count). The van der Waals surface area contributed by atoms with E-state index >= 15 is 0 Å². The first-order valence-corrected chi connectivity index (χ1v) is 9.87. The molecule has 1 fully saturated rings. The Bertz CT molecular complexity index is 881. The van der Waals surface area contributed by atoms with Gasteiger partial charge in [-0.25, -0.2) is 0 Å². The fourth-order valence-corrected chi connectivity index (χ4v) is 4.89. The summed E-state index contributed by atoms with van der Waals surface area (Å²) in [6.07, 6.45) is 7.24. The number of phenols is 2. The van der Waals surface area contributed by atoms with Gasteiger partial charge in [0.1, 0.15) is 22.8 Å². The number of ether oxygens (including phenoxy) is 1. The zero-order chi connectivity index (χ0) is 19.2. The summed E-state index contributed by atoms with van der Waals surface area (Å²) in [6, 6.07) is 11.0. The summed E-state index contributed by atoms with van der Waals surface area (Å²) in [5.74, 6) is 2.83. The molecule has 3 nitrogen and oxygen atoms in total. The third-order valence-corrected chi connectivity index (χ3v) is 6.28. The van der Waals surface area contributed by atoms with Crippen LogP contribution in [0.5, 0.6) is 17.2 Å². The van der Waals surface area contributed by atoms with Crippen molar-refractivity contribution in [3.05, 3.63) is 53.1 Å². The minimum Gasteiger partial charge on any atom is -0.507 e. The van der Waals surface area contributed by atoms with Crippen molar-refractivity contribution in [2.45, 2.75) is 51.6 Å². The number of hydrogen-bond acceptors (Lipinski definition) is 3. The van der Waals surface area contributed by atoms with E-state index in [9.17, 15) is 10.2 Å². The van der Waals surface area contributed by atoms with Gasteiger partial charge in [0, 0.05) is 17.0 Å². The molecular weight excluding hydrogens is 336 g/mol. The number of para-hydroxylation sites is 1. The van der Waals surface area contributed by atoms with E-state index in [1.165, 1.54) is 6.42 Å². The minimum atomic E-state index is -0.232. The molecule has 1 saturated carbocycles. The summed E-state index contributed by atoms with van der Waals surface area (Å²) >= 11 is 0. The maximum atomic E-state index is 10.8. The molecule has 3 atom stereocenters. The van der Waals surface area contributed by atoms with E-state index in [-0.39, 0.29) is 11.4 Å². The Kier molecular flexibility index (Phi) is 4.41. The standard InChI is InChI=1S/C24H28O3/c1-15-8-11-19-18(12-15)23-21(26)13-16(14-22(23)27-24(19,2)3)9-10-17-6-4-5-7-20(17)25/h4-7,9-10,13-15,18-19,25-26H,8,11-12H2,1-3H3/t15-,18-,19-/m0/s1. The molecule has 0 radical (unpaired) electrons. The van der Waals surface area contributed by atoms with Crippen LogP contribution in [0.3, 0.4) is 0 Å². The second-order valence-electron chi connectivity index (χ2n) is 8.68. The third kappa shape index (κ3) is 3.31. The van der Waals surface area contributed by atoms with Crippen LogP contribution in [-0.2, 0) is 0 Å². The third-order valence-electron chi connectivity index (χ3n) is 6.28. The summed E-state index contributed by atoms with van der Waals surface area (Å²) in [4.78, 5) is 0. The predicted octanol–water partition coefficient (Wildman–Crippen LogP) is 5.96. The van der Waals surface area contributed by atoms with E-state index < -0.39 is 0 Å². The van der Waals surface area contributed by atoms with Crippen LogP contribution in [0.25, 0.3) is 12.2 Å². The molecule has 1 aliphatic heterocycles. The van der Waals surface area contributed by atoms with Crippen molar-refractivity contribution < 1.29 is 14.9 Å². The van der Waals surface area contributed by atoms with Crippen molar-refractivity contribution in [2.75, 3.05) is 0 Å². The average molecular weight is 364 g/mol. The first-order valence-electron chi connectivity index (χ1n) is 9.87. The number of hydrogen-bond donors (Lipinski definition) is 2. The molecule has 2 aromatic rings. The van der Waals surface area contributed by atoms with Crippen LogP contribution in [-0.4, -0.2) is 15.8 Å². The number of fused-ring (bicyclic) bond motifs is 3. The molecule has 0 aromatic heterocycles.